The van der Waals surface area contributed by atoms with Crippen molar-refractivity contribution in [3.63, 3.8) is 0 Å². The molecule has 1 heterocycles. The van der Waals surface area contributed by atoms with Crippen molar-refractivity contribution in [2.45, 2.75) is 49.8 Å². The first-order chi connectivity index (χ1) is 21.9. The number of nitrogens with zero attached hydrogens (tertiary/aromatic N) is 3. The fraction of sp³-hybridized carbons (Fsp3) is 0.567. The summed E-state index contributed by atoms with van der Waals surface area (Å²) in [5.74, 6) is -0.210. The van der Waals surface area contributed by atoms with Crippen LogP contribution in [0.25, 0.3) is 0 Å². The molecule has 0 bridgehead atoms. The minimum absolute atomic E-state index is 0.0425. The van der Waals surface area contributed by atoms with Crippen LogP contribution in [0, 0.1) is 16.0 Å². The number of ether oxygens (including phenoxy) is 2. The number of benzene rings is 2. The van der Waals surface area contributed by atoms with Gasteiger partial charge in [-0.15, -0.1) is 0 Å². The summed E-state index contributed by atoms with van der Waals surface area (Å²) >= 11 is 0. The number of carbonyl (C=O) groups excluding carboxylic acids is 1. The molecule has 3 rings (SSSR count). The number of nitrogens with one attached hydrogen (secondary N) is 1. The van der Waals surface area contributed by atoms with E-state index in [0.717, 1.165) is 34.1 Å². The van der Waals surface area contributed by atoms with E-state index in [1.54, 1.807) is 44.2 Å². The van der Waals surface area contributed by atoms with Gasteiger partial charge < -0.3 is 24.2 Å². The highest BCUT2D eigenvalue weighted by atomic mass is 32.2. The molecule has 0 saturated carbocycles. The molecule has 0 aromatic heterocycles. The highest BCUT2D eigenvalue weighted by Crippen LogP contribution is 2.45. The second kappa shape index (κ2) is 16.9. The molecule has 47 heavy (non-hydrogen) atoms. The lowest BCUT2D eigenvalue weighted by molar-refractivity contribution is -0.870. The third kappa shape index (κ3) is 12.9. The third-order valence-corrected chi connectivity index (χ3v) is 10.0. The number of rotatable bonds is 18. The number of likely N-dealkylation sites (N-methyl/N-ethyl adjacent to an activating group) is 1. The number of amides is 1. The number of quaternary nitrogens is 1. The van der Waals surface area contributed by atoms with Gasteiger partial charge in [0.2, 0.25) is 10.0 Å². The minimum atomic E-state index is -4.82. The van der Waals surface area contributed by atoms with E-state index in [1.807, 2.05) is 21.1 Å². The first-order valence-electron chi connectivity index (χ1n) is 15.2. The summed E-state index contributed by atoms with van der Waals surface area (Å²) in [5, 5.41) is 13.9. The van der Waals surface area contributed by atoms with Crippen LogP contribution in [0.5, 0.6) is 0 Å². The summed E-state index contributed by atoms with van der Waals surface area (Å²) in [5.41, 5.74) is 0.439. The quantitative estimate of drug-likeness (QED) is 0.100. The van der Waals surface area contributed by atoms with E-state index in [1.165, 1.54) is 0 Å². The van der Waals surface area contributed by atoms with Gasteiger partial charge >= 0.3 is 13.9 Å². The SMILES string of the molecule is CC(C)CN(CC(OP(=O)(O)OCC[N+](C)(C)C)C(Cc1ccccc1)NC(=O)OC1CCOC1)S(=O)(=O)c1ccc([N+](=O)[O-])cc1. The fourth-order valence-corrected chi connectivity index (χ4v) is 7.26. The summed E-state index contributed by atoms with van der Waals surface area (Å²) in [6.07, 6.45) is -2.17. The molecule has 1 amide bonds. The highest BCUT2D eigenvalue weighted by molar-refractivity contribution is 7.89. The maximum Gasteiger partial charge on any atom is 0.472 e. The Morgan fingerprint density at radius 3 is 2.36 bits per heavy atom. The van der Waals surface area contributed by atoms with E-state index in [9.17, 15) is 32.8 Å². The van der Waals surface area contributed by atoms with Gasteiger partial charge in [-0.25, -0.2) is 17.8 Å². The Morgan fingerprint density at radius 1 is 1.15 bits per heavy atom. The van der Waals surface area contributed by atoms with Crippen LogP contribution in [0.2, 0.25) is 0 Å². The predicted molar refractivity (Wildman–Crippen MR) is 173 cm³/mol. The molecule has 1 fully saturated rings. The summed E-state index contributed by atoms with van der Waals surface area (Å²) in [4.78, 5) is 34.3. The van der Waals surface area contributed by atoms with Gasteiger partial charge in [0.05, 0.1) is 50.2 Å². The number of nitro benzene ring substituents is 1. The van der Waals surface area contributed by atoms with Crippen molar-refractivity contribution in [3.8, 4) is 0 Å². The van der Waals surface area contributed by atoms with Gasteiger partial charge in [-0.3, -0.25) is 19.2 Å². The van der Waals surface area contributed by atoms with Gasteiger partial charge in [0.25, 0.3) is 5.69 Å². The lowest BCUT2D eigenvalue weighted by Gasteiger charge is -2.34. The van der Waals surface area contributed by atoms with E-state index < -0.39 is 53.7 Å². The van der Waals surface area contributed by atoms with E-state index in [2.05, 4.69) is 5.32 Å². The number of hydrogen-bond acceptors (Lipinski definition) is 10. The van der Waals surface area contributed by atoms with E-state index >= 15 is 0 Å². The molecule has 2 aromatic rings. The third-order valence-electron chi connectivity index (χ3n) is 7.13. The molecule has 2 N–H and O–H groups in total. The van der Waals surface area contributed by atoms with E-state index in [0.29, 0.717) is 24.1 Å². The topological polar surface area (TPSA) is 184 Å². The smallest absolute Gasteiger partial charge is 0.444 e. The maximum atomic E-state index is 14.0. The van der Waals surface area contributed by atoms with Crippen LogP contribution < -0.4 is 5.32 Å². The molecule has 4 atom stereocenters. The van der Waals surface area contributed by atoms with E-state index in [4.69, 9.17) is 18.5 Å². The zero-order chi connectivity index (χ0) is 34.8. The zero-order valence-corrected chi connectivity index (χ0v) is 29.1. The number of alkyl carbamates (subject to hydrolysis) is 1. The Kier molecular flexibility index (Phi) is 13.9. The number of nitro groups is 1. The fourth-order valence-electron chi connectivity index (χ4n) is 4.72. The molecule has 0 radical (unpaired) electrons. The van der Waals surface area contributed by atoms with Crippen molar-refractivity contribution in [3.05, 3.63) is 70.3 Å². The Morgan fingerprint density at radius 2 is 1.81 bits per heavy atom. The molecule has 1 aliphatic rings. The van der Waals surface area contributed by atoms with Gasteiger partial charge in [0, 0.05) is 31.6 Å². The van der Waals surface area contributed by atoms with Crippen molar-refractivity contribution < 1.29 is 50.6 Å². The minimum Gasteiger partial charge on any atom is -0.444 e. The number of phosphoric ester groups is 1. The lowest BCUT2D eigenvalue weighted by Crippen LogP contribution is -2.52. The Balaban J connectivity index is 2.02. The van der Waals surface area contributed by atoms with E-state index in [-0.39, 0.29) is 42.7 Å². The van der Waals surface area contributed by atoms with Crippen LogP contribution in [0.15, 0.2) is 59.5 Å². The summed E-state index contributed by atoms with van der Waals surface area (Å²) in [6, 6.07) is 12.3. The number of sulfonamides is 1. The Hall–Kier alpha value is -2.95. The average Bonchev–Trinajstić information content (AvgIpc) is 3.48. The van der Waals surface area contributed by atoms with Crippen LogP contribution in [0.3, 0.4) is 0 Å². The molecule has 262 valence electrons. The molecule has 4 unspecified atom stereocenters. The standard InChI is InChI=1S/C30H45N4O11PS/c1-23(2)20-32(47(40,41)27-13-11-25(12-14-27)33(36)37)21-29(45-46(38,39)43-18-16-34(3,4)5)28(19-24-9-7-6-8-10-24)31-30(35)44-26-15-17-42-22-26/h6-14,23,26,28-29H,15-22H2,1-5H3,(H-,31,35,38,39)/p+1. The lowest BCUT2D eigenvalue weighted by atomic mass is 10.0. The largest absolute Gasteiger partial charge is 0.472 e. The van der Waals surface area contributed by atoms with Crippen LogP contribution in [0.4, 0.5) is 10.5 Å². The highest BCUT2D eigenvalue weighted by Gasteiger charge is 2.38. The number of hydrogen-bond donors (Lipinski definition) is 2. The van der Waals surface area contributed by atoms with Crippen LogP contribution in [-0.2, 0) is 39.5 Å². The molecule has 15 nitrogen and oxygen atoms in total. The summed E-state index contributed by atoms with van der Waals surface area (Å²) in [7, 11) is -3.51. The summed E-state index contributed by atoms with van der Waals surface area (Å²) in [6.45, 7) is 3.94. The molecule has 0 spiro atoms. The predicted octanol–water partition coefficient (Wildman–Crippen LogP) is 3.58. The van der Waals surface area contributed by atoms with Gasteiger partial charge in [-0.2, -0.15) is 4.31 Å². The zero-order valence-electron chi connectivity index (χ0n) is 27.4. The van der Waals surface area contributed by atoms with Crippen LogP contribution in [0.1, 0.15) is 25.8 Å². The molecule has 0 aliphatic carbocycles. The second-order valence-electron chi connectivity index (χ2n) is 12.8. The number of non-ortho nitro benzene ring substituents is 1. The molecular weight excluding hydrogens is 655 g/mol. The molecule has 1 aliphatic heterocycles. The van der Waals surface area contributed by atoms with Gasteiger partial charge in [0.1, 0.15) is 25.4 Å². The van der Waals surface area contributed by atoms with Gasteiger partial charge in [-0.1, -0.05) is 44.2 Å². The van der Waals surface area contributed by atoms with Crippen molar-refractivity contribution in [2.24, 2.45) is 5.92 Å². The number of carbonyl (C=O) groups is 1. The van der Waals surface area contributed by atoms with Gasteiger partial charge in [0.15, 0.2) is 0 Å². The van der Waals surface area contributed by atoms with Crippen molar-refractivity contribution in [2.75, 3.05) is 60.6 Å². The van der Waals surface area contributed by atoms with Crippen molar-refractivity contribution in [1.29, 1.82) is 0 Å². The Labute approximate surface area is 276 Å². The molecule has 1 saturated heterocycles. The maximum absolute atomic E-state index is 14.0. The Bertz CT molecular complexity index is 1460. The first kappa shape index (κ1) is 38.5. The molecular formula is C30H46N4O11PS+. The number of phosphoric acid groups is 1. The molecule has 2 aromatic carbocycles. The summed E-state index contributed by atoms with van der Waals surface area (Å²) < 4.78 is 64.7. The first-order valence-corrected chi connectivity index (χ1v) is 18.2. The van der Waals surface area contributed by atoms with Crippen molar-refractivity contribution >= 4 is 29.6 Å². The van der Waals surface area contributed by atoms with Crippen molar-refractivity contribution in [1.82, 2.24) is 9.62 Å². The molecule has 17 heteroatoms. The average molecular weight is 702 g/mol. The van der Waals surface area contributed by atoms with Gasteiger partial charge in [-0.05, 0) is 30.0 Å². The van der Waals surface area contributed by atoms with Crippen LogP contribution in [-0.4, -0.2) is 112 Å². The normalized spacial score (nSPS) is 18.1. The second-order valence-corrected chi connectivity index (χ2v) is 16.1. The van der Waals surface area contributed by atoms with Crippen LogP contribution >= 0.6 is 7.82 Å². The monoisotopic (exact) mass is 701 g/mol.